The molecule has 1 saturated carbocycles. The van der Waals surface area contributed by atoms with Crippen LogP contribution in [-0.4, -0.2) is 31.0 Å². The lowest BCUT2D eigenvalue weighted by atomic mass is 9.63. The van der Waals surface area contributed by atoms with Crippen LogP contribution >= 0.6 is 0 Å². The van der Waals surface area contributed by atoms with Gasteiger partial charge in [0.1, 0.15) is 0 Å². The first kappa shape index (κ1) is 11.9. The first-order valence-corrected chi connectivity index (χ1v) is 7.46. The van der Waals surface area contributed by atoms with Crippen molar-refractivity contribution in [3.63, 3.8) is 0 Å². The summed E-state index contributed by atoms with van der Waals surface area (Å²) in [5, 5.41) is 9.19. The van der Waals surface area contributed by atoms with Crippen LogP contribution < -0.4 is 0 Å². The van der Waals surface area contributed by atoms with Gasteiger partial charge in [-0.2, -0.15) is 0 Å². The van der Waals surface area contributed by atoms with E-state index in [-0.39, 0.29) is 28.8 Å². The number of rotatable bonds is 1. The zero-order valence-electron chi connectivity index (χ0n) is 9.64. The molecule has 2 unspecified atom stereocenters. The third-order valence-electron chi connectivity index (χ3n) is 3.87. The zero-order valence-corrected chi connectivity index (χ0v) is 10.5. The van der Waals surface area contributed by atoms with E-state index in [1.807, 2.05) is 0 Å². The molecule has 0 radical (unpaired) electrons. The Morgan fingerprint density at radius 1 is 1.19 bits per heavy atom. The van der Waals surface area contributed by atoms with Crippen LogP contribution in [0.25, 0.3) is 0 Å². The van der Waals surface area contributed by atoms with Crippen molar-refractivity contribution in [1.29, 1.82) is 0 Å². The Labute approximate surface area is 96.0 Å². The second-order valence-corrected chi connectivity index (χ2v) is 8.19. The van der Waals surface area contributed by atoms with Gasteiger partial charge in [0.2, 0.25) is 0 Å². The van der Waals surface area contributed by atoms with Crippen molar-refractivity contribution < 1.29 is 18.3 Å². The summed E-state index contributed by atoms with van der Waals surface area (Å²) in [5.41, 5.74) is 0.0806. The molecule has 1 aliphatic heterocycles. The third kappa shape index (κ3) is 2.10. The lowest BCUT2D eigenvalue weighted by molar-refractivity contribution is -0.148. The molecular weight excluding hydrogens is 228 g/mol. The van der Waals surface area contributed by atoms with Gasteiger partial charge in [0.15, 0.2) is 9.84 Å². The summed E-state index contributed by atoms with van der Waals surface area (Å²) in [6, 6.07) is 0. The van der Waals surface area contributed by atoms with Crippen molar-refractivity contribution in [1.82, 2.24) is 0 Å². The Hall–Kier alpha value is -0.580. The molecule has 4 nitrogen and oxygen atoms in total. The fourth-order valence-corrected chi connectivity index (χ4v) is 5.68. The highest BCUT2D eigenvalue weighted by Crippen LogP contribution is 2.48. The molecular formula is C11H18O4S. The van der Waals surface area contributed by atoms with Crippen LogP contribution in [0, 0.1) is 23.2 Å². The molecule has 1 heterocycles. The van der Waals surface area contributed by atoms with E-state index in [0.717, 1.165) is 0 Å². The van der Waals surface area contributed by atoms with Crippen molar-refractivity contribution in [3.8, 4) is 0 Å². The number of hydrogen-bond donors (Lipinski definition) is 1. The zero-order chi connectivity index (χ0) is 12.1. The van der Waals surface area contributed by atoms with Crippen molar-refractivity contribution >= 4 is 15.8 Å². The molecule has 2 fully saturated rings. The van der Waals surface area contributed by atoms with Crippen molar-refractivity contribution in [2.45, 2.75) is 26.7 Å². The van der Waals surface area contributed by atoms with Gasteiger partial charge >= 0.3 is 5.97 Å². The largest absolute Gasteiger partial charge is 0.481 e. The number of hydrogen-bond acceptors (Lipinski definition) is 3. The molecule has 1 N–H and O–H groups in total. The van der Waals surface area contributed by atoms with E-state index >= 15 is 0 Å². The highest BCUT2D eigenvalue weighted by molar-refractivity contribution is 7.91. The predicted molar refractivity (Wildman–Crippen MR) is 59.8 cm³/mol. The van der Waals surface area contributed by atoms with Gasteiger partial charge < -0.3 is 5.11 Å². The first-order valence-electron chi connectivity index (χ1n) is 5.63. The molecule has 0 amide bonds. The van der Waals surface area contributed by atoms with Crippen molar-refractivity contribution in [2.75, 3.05) is 11.5 Å². The summed E-state index contributed by atoms with van der Waals surface area (Å²) in [6.45, 7) is 4.20. The number of carbonyl (C=O) groups is 1. The summed E-state index contributed by atoms with van der Waals surface area (Å²) in [4.78, 5) is 11.2. The summed E-state index contributed by atoms with van der Waals surface area (Å²) >= 11 is 0. The average Bonchev–Trinajstić information content (AvgIpc) is 1.94. The molecule has 0 aromatic heterocycles. The molecule has 16 heavy (non-hydrogen) atoms. The van der Waals surface area contributed by atoms with E-state index in [0.29, 0.717) is 12.8 Å². The lowest BCUT2D eigenvalue weighted by Gasteiger charge is -2.47. The minimum atomic E-state index is -3.02. The summed E-state index contributed by atoms with van der Waals surface area (Å²) < 4.78 is 23.3. The second-order valence-electron chi connectivity index (χ2n) is 6.03. The minimum absolute atomic E-state index is 0.0594. The van der Waals surface area contributed by atoms with E-state index < -0.39 is 21.7 Å². The van der Waals surface area contributed by atoms with Crippen LogP contribution in [0.2, 0.25) is 0 Å². The SMILES string of the molecule is CC1(C)CC2CS(=O)(=O)CC(C1)C2C(=O)O. The number of aliphatic carboxylic acids is 1. The van der Waals surface area contributed by atoms with Gasteiger partial charge in [-0.3, -0.25) is 4.79 Å². The maximum absolute atomic E-state index is 11.7. The molecule has 0 spiro atoms. The fraction of sp³-hybridized carbons (Fsp3) is 0.909. The smallest absolute Gasteiger partial charge is 0.307 e. The number of fused-ring (bicyclic) bond motifs is 2. The summed E-state index contributed by atoms with van der Waals surface area (Å²) in [6.07, 6.45) is 1.42. The monoisotopic (exact) mass is 246 g/mol. The number of sulfone groups is 1. The van der Waals surface area contributed by atoms with Gasteiger partial charge in [0.25, 0.3) is 0 Å². The topological polar surface area (TPSA) is 71.4 Å². The molecule has 2 rings (SSSR count). The molecule has 92 valence electrons. The maximum Gasteiger partial charge on any atom is 0.307 e. The van der Waals surface area contributed by atoms with Crippen LogP contribution in [0.3, 0.4) is 0 Å². The maximum atomic E-state index is 11.7. The summed E-state index contributed by atoms with van der Waals surface area (Å²) in [5.74, 6) is -1.53. The van der Waals surface area contributed by atoms with Gasteiger partial charge in [-0.05, 0) is 30.1 Å². The Morgan fingerprint density at radius 3 is 2.00 bits per heavy atom. The Kier molecular flexibility index (Phi) is 2.57. The Balaban J connectivity index is 2.33. The van der Waals surface area contributed by atoms with Gasteiger partial charge in [0, 0.05) is 0 Å². The highest BCUT2D eigenvalue weighted by atomic mass is 32.2. The van der Waals surface area contributed by atoms with Crippen molar-refractivity contribution in [3.05, 3.63) is 0 Å². The predicted octanol–water partition coefficient (Wildman–Crippen LogP) is 1.17. The van der Waals surface area contributed by atoms with Gasteiger partial charge in [-0.1, -0.05) is 13.8 Å². The number of carboxylic acid groups (broad SMARTS) is 1. The molecule has 2 atom stereocenters. The lowest BCUT2D eigenvalue weighted by Crippen LogP contribution is -2.50. The average molecular weight is 246 g/mol. The molecule has 5 heteroatoms. The van der Waals surface area contributed by atoms with E-state index in [2.05, 4.69) is 13.8 Å². The van der Waals surface area contributed by atoms with Crippen LogP contribution in [0.15, 0.2) is 0 Å². The fourth-order valence-electron chi connectivity index (χ4n) is 3.59. The molecule has 1 saturated heterocycles. The standard InChI is InChI=1S/C11H18O4S/c1-11(2)3-7-5-16(14,15)6-8(4-11)9(7)10(12)13/h7-9H,3-6H2,1-2H3,(H,12,13). The number of carboxylic acids is 1. The van der Waals surface area contributed by atoms with Crippen LogP contribution in [0.1, 0.15) is 26.7 Å². The molecule has 1 aliphatic carbocycles. The quantitative estimate of drug-likeness (QED) is 0.754. The summed E-state index contributed by atoms with van der Waals surface area (Å²) in [7, 11) is -3.02. The van der Waals surface area contributed by atoms with Crippen LogP contribution in [-0.2, 0) is 14.6 Å². The Bertz CT molecular complexity index is 386. The first-order chi connectivity index (χ1) is 7.20. The normalized spacial score (nSPS) is 40.2. The van der Waals surface area contributed by atoms with E-state index in [1.54, 1.807) is 0 Å². The van der Waals surface area contributed by atoms with E-state index in [1.165, 1.54) is 0 Å². The molecule has 2 bridgehead atoms. The third-order valence-corrected chi connectivity index (χ3v) is 5.74. The van der Waals surface area contributed by atoms with Gasteiger partial charge in [-0.25, -0.2) is 8.42 Å². The molecule has 0 aromatic carbocycles. The van der Waals surface area contributed by atoms with Gasteiger partial charge in [-0.15, -0.1) is 0 Å². The van der Waals surface area contributed by atoms with E-state index in [9.17, 15) is 18.3 Å². The second kappa shape index (κ2) is 3.45. The highest BCUT2D eigenvalue weighted by Gasteiger charge is 2.50. The molecule has 0 aromatic rings. The van der Waals surface area contributed by atoms with E-state index in [4.69, 9.17) is 0 Å². The van der Waals surface area contributed by atoms with Crippen molar-refractivity contribution in [2.24, 2.45) is 23.2 Å². The van der Waals surface area contributed by atoms with Crippen LogP contribution in [0.4, 0.5) is 0 Å². The molecule has 2 aliphatic rings. The van der Waals surface area contributed by atoms with Gasteiger partial charge in [0.05, 0.1) is 17.4 Å². The van der Waals surface area contributed by atoms with Crippen LogP contribution in [0.5, 0.6) is 0 Å². The Morgan fingerprint density at radius 2 is 1.62 bits per heavy atom. The minimum Gasteiger partial charge on any atom is -0.481 e.